The minimum Gasteiger partial charge on any atom is -0.357 e. The molecule has 122 valence electrons. The fraction of sp³-hybridized carbons (Fsp3) is 0.500. The number of H-pyrrole nitrogens is 1. The van der Waals surface area contributed by atoms with E-state index in [9.17, 15) is 4.79 Å². The van der Waals surface area contributed by atoms with E-state index in [0.717, 1.165) is 16.9 Å². The van der Waals surface area contributed by atoms with E-state index in [1.807, 2.05) is 30.3 Å². The van der Waals surface area contributed by atoms with Gasteiger partial charge in [0.1, 0.15) is 24.2 Å². The van der Waals surface area contributed by atoms with Crippen LogP contribution in [0.5, 0.6) is 0 Å². The molecule has 0 unspecified atom stereocenters. The molecule has 0 aliphatic carbocycles. The number of aromatic nitrogens is 3. The van der Waals surface area contributed by atoms with Gasteiger partial charge in [0.2, 0.25) is 5.91 Å². The summed E-state index contributed by atoms with van der Waals surface area (Å²) in [6.07, 6.45) is 3.28. The molecule has 0 atom stereocenters. The van der Waals surface area contributed by atoms with E-state index in [1.165, 1.54) is 6.33 Å². The van der Waals surface area contributed by atoms with Crippen LogP contribution in [0, 0.1) is 17.2 Å². The lowest BCUT2D eigenvalue weighted by Crippen LogP contribution is -2.39. The summed E-state index contributed by atoms with van der Waals surface area (Å²) >= 11 is 0. The molecule has 0 saturated carbocycles. The molecule has 7 nitrogen and oxygen atoms in total. The number of nitriles is 1. The number of carbonyl (C=O) groups is 1. The molecule has 0 aliphatic rings. The van der Waals surface area contributed by atoms with E-state index in [2.05, 4.69) is 28.8 Å². The van der Waals surface area contributed by atoms with Gasteiger partial charge in [0, 0.05) is 32.9 Å². The maximum Gasteiger partial charge on any atom is 0.236 e. The summed E-state index contributed by atoms with van der Waals surface area (Å²) < 4.78 is 0. The first-order valence-corrected chi connectivity index (χ1v) is 7.67. The van der Waals surface area contributed by atoms with Crippen molar-refractivity contribution in [1.82, 2.24) is 19.9 Å². The number of carbonyl (C=O) groups excluding carboxylic acids is 1. The van der Waals surface area contributed by atoms with Crippen molar-refractivity contribution in [2.24, 2.45) is 5.92 Å². The maximum atomic E-state index is 12.1. The smallest absolute Gasteiger partial charge is 0.236 e. The third-order valence-electron chi connectivity index (χ3n) is 3.57. The fourth-order valence-corrected chi connectivity index (χ4v) is 2.48. The lowest BCUT2D eigenvalue weighted by molar-refractivity contribution is -0.130. The molecule has 0 aliphatic heterocycles. The van der Waals surface area contributed by atoms with Crippen LogP contribution in [-0.4, -0.2) is 52.4 Å². The van der Waals surface area contributed by atoms with Gasteiger partial charge >= 0.3 is 0 Å². The standard InChI is InChI=1S/C16H22N6O/c1-12(2)10-22(14(23)4-6-17)9-8-21(3)16-13-5-7-18-15(13)19-11-20-16/h5,7,11-12H,4,8-10H2,1-3H3,(H,18,19,20). The van der Waals surface area contributed by atoms with Crippen molar-refractivity contribution in [3.63, 3.8) is 0 Å². The molecule has 7 heteroatoms. The second kappa shape index (κ2) is 7.58. The molecule has 1 amide bonds. The monoisotopic (exact) mass is 314 g/mol. The average Bonchev–Trinajstić information content (AvgIpc) is 2.99. The van der Waals surface area contributed by atoms with Crippen molar-refractivity contribution in [3.8, 4) is 6.07 Å². The lowest BCUT2D eigenvalue weighted by Gasteiger charge is -2.27. The third kappa shape index (κ3) is 4.19. The van der Waals surface area contributed by atoms with Gasteiger partial charge < -0.3 is 14.8 Å². The SMILES string of the molecule is CC(C)CN(CCN(C)c1ncnc2[nH]ccc12)C(=O)CC#N. The van der Waals surface area contributed by atoms with Crippen LogP contribution in [-0.2, 0) is 4.79 Å². The Bertz CT molecular complexity index is 702. The van der Waals surface area contributed by atoms with Crippen molar-refractivity contribution >= 4 is 22.8 Å². The van der Waals surface area contributed by atoms with Crippen LogP contribution in [0.2, 0.25) is 0 Å². The molecule has 0 spiro atoms. The van der Waals surface area contributed by atoms with Crippen LogP contribution < -0.4 is 4.90 Å². The zero-order valence-corrected chi connectivity index (χ0v) is 13.8. The molecular weight excluding hydrogens is 292 g/mol. The van der Waals surface area contributed by atoms with Gasteiger partial charge in [-0.3, -0.25) is 4.79 Å². The van der Waals surface area contributed by atoms with E-state index >= 15 is 0 Å². The average molecular weight is 314 g/mol. The summed E-state index contributed by atoms with van der Waals surface area (Å²) in [5, 5.41) is 9.69. The van der Waals surface area contributed by atoms with Crippen LogP contribution in [0.4, 0.5) is 5.82 Å². The highest BCUT2D eigenvalue weighted by molar-refractivity contribution is 5.87. The topological polar surface area (TPSA) is 88.9 Å². The van der Waals surface area contributed by atoms with E-state index in [1.54, 1.807) is 4.90 Å². The summed E-state index contributed by atoms with van der Waals surface area (Å²) in [4.78, 5) is 27.4. The van der Waals surface area contributed by atoms with Gasteiger partial charge in [-0.15, -0.1) is 0 Å². The molecule has 2 heterocycles. The normalized spacial score (nSPS) is 10.7. The van der Waals surface area contributed by atoms with Gasteiger partial charge in [-0.05, 0) is 12.0 Å². The summed E-state index contributed by atoms with van der Waals surface area (Å²) in [5.41, 5.74) is 0.793. The van der Waals surface area contributed by atoms with Gasteiger partial charge in [-0.25, -0.2) is 9.97 Å². The predicted molar refractivity (Wildman–Crippen MR) is 88.8 cm³/mol. The van der Waals surface area contributed by atoms with Crippen molar-refractivity contribution in [1.29, 1.82) is 5.26 Å². The van der Waals surface area contributed by atoms with E-state index in [4.69, 9.17) is 5.26 Å². The van der Waals surface area contributed by atoms with Crippen LogP contribution in [0.1, 0.15) is 20.3 Å². The number of anilines is 1. The van der Waals surface area contributed by atoms with Crippen molar-refractivity contribution in [2.45, 2.75) is 20.3 Å². The van der Waals surface area contributed by atoms with Crippen LogP contribution >= 0.6 is 0 Å². The second-order valence-electron chi connectivity index (χ2n) is 5.93. The van der Waals surface area contributed by atoms with Gasteiger partial charge in [-0.2, -0.15) is 5.26 Å². The minimum absolute atomic E-state index is 0.0774. The highest BCUT2D eigenvalue weighted by Crippen LogP contribution is 2.20. The molecule has 0 aromatic carbocycles. The Balaban J connectivity index is 2.06. The number of amides is 1. The maximum absolute atomic E-state index is 12.1. The summed E-state index contributed by atoms with van der Waals surface area (Å²) in [7, 11) is 1.94. The molecule has 2 aromatic rings. The Kier molecular flexibility index (Phi) is 5.52. The Morgan fingerprint density at radius 2 is 2.17 bits per heavy atom. The molecule has 2 aromatic heterocycles. The van der Waals surface area contributed by atoms with Crippen LogP contribution in [0.3, 0.4) is 0 Å². The Morgan fingerprint density at radius 3 is 2.87 bits per heavy atom. The Morgan fingerprint density at radius 1 is 1.39 bits per heavy atom. The van der Waals surface area contributed by atoms with Crippen LogP contribution in [0.15, 0.2) is 18.6 Å². The molecule has 0 bridgehead atoms. The number of rotatable bonds is 7. The number of hydrogen-bond donors (Lipinski definition) is 1. The number of fused-ring (bicyclic) bond motifs is 1. The lowest BCUT2D eigenvalue weighted by atomic mass is 10.2. The molecule has 0 fully saturated rings. The van der Waals surface area contributed by atoms with Crippen molar-refractivity contribution in [3.05, 3.63) is 18.6 Å². The molecule has 0 radical (unpaired) electrons. The first-order chi connectivity index (χ1) is 11.0. The zero-order valence-electron chi connectivity index (χ0n) is 13.8. The third-order valence-corrected chi connectivity index (χ3v) is 3.57. The van der Waals surface area contributed by atoms with Gasteiger partial charge in [0.05, 0.1) is 11.5 Å². The number of hydrogen-bond acceptors (Lipinski definition) is 5. The number of likely N-dealkylation sites (N-methyl/N-ethyl adjacent to an activating group) is 1. The summed E-state index contributed by atoms with van der Waals surface area (Å²) in [5.74, 6) is 1.07. The predicted octanol–water partition coefficient (Wildman–Crippen LogP) is 1.79. The van der Waals surface area contributed by atoms with Gasteiger partial charge in [0.25, 0.3) is 0 Å². The largest absolute Gasteiger partial charge is 0.357 e. The van der Waals surface area contributed by atoms with E-state index < -0.39 is 0 Å². The molecular formula is C16H22N6O. The van der Waals surface area contributed by atoms with Gasteiger partial charge in [0.15, 0.2) is 0 Å². The van der Waals surface area contributed by atoms with Crippen LogP contribution in [0.25, 0.3) is 11.0 Å². The fourth-order valence-electron chi connectivity index (χ4n) is 2.48. The highest BCUT2D eigenvalue weighted by Gasteiger charge is 2.16. The molecule has 23 heavy (non-hydrogen) atoms. The van der Waals surface area contributed by atoms with E-state index in [0.29, 0.717) is 25.6 Å². The second-order valence-corrected chi connectivity index (χ2v) is 5.93. The molecule has 0 saturated heterocycles. The first-order valence-electron chi connectivity index (χ1n) is 7.67. The van der Waals surface area contributed by atoms with Crippen molar-refractivity contribution < 1.29 is 4.79 Å². The zero-order chi connectivity index (χ0) is 16.8. The minimum atomic E-state index is -0.121. The Hall–Kier alpha value is -2.62. The quantitative estimate of drug-likeness (QED) is 0.841. The van der Waals surface area contributed by atoms with Gasteiger partial charge in [-0.1, -0.05) is 13.8 Å². The summed E-state index contributed by atoms with van der Waals surface area (Å²) in [6.45, 7) is 5.97. The van der Waals surface area contributed by atoms with Crippen molar-refractivity contribution in [2.75, 3.05) is 31.6 Å². The molecule has 1 N–H and O–H groups in total. The highest BCUT2D eigenvalue weighted by atomic mass is 16.2. The number of aromatic amines is 1. The molecule has 2 rings (SSSR count). The summed E-state index contributed by atoms with van der Waals surface area (Å²) in [6, 6.07) is 3.87. The number of nitrogens with zero attached hydrogens (tertiary/aromatic N) is 5. The first kappa shape index (κ1) is 16.7. The van der Waals surface area contributed by atoms with E-state index in [-0.39, 0.29) is 12.3 Å². The Labute approximate surface area is 135 Å². The number of nitrogens with one attached hydrogen (secondary N) is 1.